The van der Waals surface area contributed by atoms with Gasteiger partial charge in [0, 0.05) is 18.3 Å². The number of aromatic nitrogens is 2. The molecule has 1 unspecified atom stereocenters. The van der Waals surface area contributed by atoms with Gasteiger partial charge in [0.15, 0.2) is 5.78 Å². The summed E-state index contributed by atoms with van der Waals surface area (Å²) in [7, 11) is 0. The van der Waals surface area contributed by atoms with Crippen molar-refractivity contribution in [2.75, 3.05) is 0 Å². The molecule has 1 aromatic heterocycles. The van der Waals surface area contributed by atoms with E-state index in [1.54, 1.807) is 0 Å². The number of rotatable bonds is 8. The standard InChI is InChI=1S/C16H26N4O4/c17-12(7-11-8-19-9-20-11)14(21)16(24,15(22)23)13(18)6-10-4-2-1-3-5-10/h8-10,12-13,24H,1-7,17-18H2,(H,19,20)(H,22,23)/t12-,13-,16?/m0/s1. The number of aliphatic carboxylic acids is 1. The molecule has 0 spiro atoms. The Bertz CT molecular complexity index is 556. The van der Waals surface area contributed by atoms with Crippen LogP contribution < -0.4 is 11.5 Å². The maximum atomic E-state index is 12.5. The van der Waals surface area contributed by atoms with Crippen LogP contribution in [0.5, 0.6) is 0 Å². The second-order valence-electron chi connectivity index (χ2n) is 6.67. The third-order valence-electron chi connectivity index (χ3n) is 4.88. The molecule has 0 aliphatic heterocycles. The van der Waals surface area contributed by atoms with Gasteiger partial charge in [-0.2, -0.15) is 0 Å². The molecule has 134 valence electrons. The third kappa shape index (κ3) is 4.00. The van der Waals surface area contributed by atoms with Gasteiger partial charge in [0.25, 0.3) is 0 Å². The molecular formula is C16H26N4O4. The zero-order valence-corrected chi connectivity index (χ0v) is 13.6. The van der Waals surface area contributed by atoms with Gasteiger partial charge in [-0.15, -0.1) is 0 Å². The molecule has 1 saturated carbocycles. The van der Waals surface area contributed by atoms with E-state index < -0.39 is 29.4 Å². The molecule has 1 aliphatic carbocycles. The van der Waals surface area contributed by atoms with E-state index in [2.05, 4.69) is 9.97 Å². The minimum Gasteiger partial charge on any atom is -0.479 e. The molecule has 0 radical (unpaired) electrons. The summed E-state index contributed by atoms with van der Waals surface area (Å²) >= 11 is 0. The van der Waals surface area contributed by atoms with E-state index >= 15 is 0 Å². The quantitative estimate of drug-likeness (QED) is 0.416. The van der Waals surface area contributed by atoms with Crippen molar-refractivity contribution < 1.29 is 19.8 Å². The van der Waals surface area contributed by atoms with Crippen molar-refractivity contribution in [2.24, 2.45) is 17.4 Å². The van der Waals surface area contributed by atoms with Crippen LogP contribution in [0.3, 0.4) is 0 Å². The Morgan fingerprint density at radius 1 is 1.33 bits per heavy atom. The Morgan fingerprint density at radius 2 is 2.00 bits per heavy atom. The molecule has 0 saturated heterocycles. The molecule has 1 heterocycles. The number of carboxylic acids is 1. The van der Waals surface area contributed by atoms with Gasteiger partial charge in [-0.3, -0.25) is 4.79 Å². The fraction of sp³-hybridized carbons (Fsp3) is 0.688. The van der Waals surface area contributed by atoms with Gasteiger partial charge in [0.2, 0.25) is 5.60 Å². The first kappa shape index (κ1) is 18.6. The number of aromatic amines is 1. The van der Waals surface area contributed by atoms with Crippen LogP contribution in [0.2, 0.25) is 0 Å². The SMILES string of the molecule is N[C@@H](Cc1cnc[nH]1)C(=O)C(O)(C(=O)O)[C@@H](N)CC1CCCCC1. The van der Waals surface area contributed by atoms with Crippen molar-refractivity contribution in [3.05, 3.63) is 18.2 Å². The molecule has 8 heteroatoms. The fourth-order valence-electron chi connectivity index (χ4n) is 3.41. The Balaban J connectivity index is 2.09. The molecule has 8 nitrogen and oxygen atoms in total. The minimum atomic E-state index is -2.67. The summed E-state index contributed by atoms with van der Waals surface area (Å²) < 4.78 is 0. The van der Waals surface area contributed by atoms with Crippen LogP contribution in [0.4, 0.5) is 0 Å². The average Bonchev–Trinajstić information content (AvgIpc) is 3.06. The number of imidazole rings is 1. The number of H-pyrrole nitrogens is 1. The fourth-order valence-corrected chi connectivity index (χ4v) is 3.41. The number of aliphatic hydroxyl groups is 1. The number of nitrogens with two attached hydrogens (primary N) is 2. The lowest BCUT2D eigenvalue weighted by atomic mass is 9.77. The predicted molar refractivity (Wildman–Crippen MR) is 87.0 cm³/mol. The third-order valence-corrected chi connectivity index (χ3v) is 4.88. The monoisotopic (exact) mass is 338 g/mol. The van der Waals surface area contributed by atoms with E-state index in [-0.39, 0.29) is 12.3 Å². The molecule has 7 N–H and O–H groups in total. The van der Waals surface area contributed by atoms with E-state index in [1.807, 2.05) is 0 Å². The Labute approximate surface area is 140 Å². The number of nitrogens with zero attached hydrogens (tertiary/aromatic N) is 1. The Kier molecular flexibility index (Phi) is 6.09. The first-order valence-electron chi connectivity index (χ1n) is 8.34. The molecule has 1 aromatic rings. The van der Waals surface area contributed by atoms with E-state index in [1.165, 1.54) is 12.5 Å². The highest BCUT2D eigenvalue weighted by Gasteiger charge is 2.51. The van der Waals surface area contributed by atoms with Crippen molar-refractivity contribution in [3.8, 4) is 0 Å². The number of hydrogen-bond acceptors (Lipinski definition) is 6. The number of carboxylic acid groups (broad SMARTS) is 1. The van der Waals surface area contributed by atoms with Gasteiger partial charge in [-0.05, 0) is 12.3 Å². The van der Waals surface area contributed by atoms with Crippen molar-refractivity contribution in [3.63, 3.8) is 0 Å². The average molecular weight is 338 g/mol. The zero-order valence-electron chi connectivity index (χ0n) is 13.6. The number of hydrogen-bond donors (Lipinski definition) is 5. The molecule has 2 rings (SSSR count). The highest BCUT2D eigenvalue weighted by Crippen LogP contribution is 2.30. The highest BCUT2D eigenvalue weighted by molar-refractivity contribution is 6.09. The second kappa shape index (κ2) is 7.87. The van der Waals surface area contributed by atoms with Gasteiger partial charge in [-0.25, -0.2) is 9.78 Å². The maximum absolute atomic E-state index is 12.5. The van der Waals surface area contributed by atoms with Crippen LogP contribution >= 0.6 is 0 Å². The molecule has 0 amide bonds. The van der Waals surface area contributed by atoms with E-state index in [4.69, 9.17) is 11.5 Å². The summed E-state index contributed by atoms with van der Waals surface area (Å²) in [5, 5.41) is 20.0. The number of Topliss-reactive ketones (excluding diaryl/α,β-unsaturated/α-hetero) is 1. The molecule has 24 heavy (non-hydrogen) atoms. The molecule has 0 bridgehead atoms. The summed E-state index contributed by atoms with van der Waals surface area (Å²) in [4.78, 5) is 30.8. The molecular weight excluding hydrogens is 312 g/mol. The summed E-state index contributed by atoms with van der Waals surface area (Å²) in [5.74, 6) is -2.37. The number of ketones is 1. The van der Waals surface area contributed by atoms with Gasteiger partial charge >= 0.3 is 5.97 Å². The number of carbonyl (C=O) groups excluding carboxylic acids is 1. The normalized spacial score (nSPS) is 21.0. The largest absolute Gasteiger partial charge is 0.479 e. The molecule has 0 aromatic carbocycles. The van der Waals surface area contributed by atoms with Gasteiger partial charge < -0.3 is 26.7 Å². The number of nitrogens with one attached hydrogen (secondary N) is 1. The van der Waals surface area contributed by atoms with E-state index in [0.717, 1.165) is 32.1 Å². The first-order valence-corrected chi connectivity index (χ1v) is 8.34. The van der Waals surface area contributed by atoms with Gasteiger partial charge in [-0.1, -0.05) is 32.1 Å². The van der Waals surface area contributed by atoms with Crippen LogP contribution in [-0.4, -0.2) is 49.6 Å². The Morgan fingerprint density at radius 3 is 2.54 bits per heavy atom. The highest BCUT2D eigenvalue weighted by atomic mass is 16.4. The van der Waals surface area contributed by atoms with Crippen molar-refractivity contribution in [1.82, 2.24) is 9.97 Å². The molecule has 3 atom stereocenters. The maximum Gasteiger partial charge on any atom is 0.345 e. The molecule has 1 aliphatic rings. The lowest BCUT2D eigenvalue weighted by molar-refractivity contribution is -0.168. The lowest BCUT2D eigenvalue weighted by Crippen LogP contribution is -2.64. The minimum absolute atomic E-state index is 0.0601. The van der Waals surface area contributed by atoms with Crippen LogP contribution in [0.1, 0.15) is 44.2 Å². The van der Waals surface area contributed by atoms with Crippen molar-refractivity contribution >= 4 is 11.8 Å². The topological polar surface area (TPSA) is 155 Å². The van der Waals surface area contributed by atoms with Crippen molar-refractivity contribution in [2.45, 2.75) is 62.6 Å². The van der Waals surface area contributed by atoms with Crippen molar-refractivity contribution in [1.29, 1.82) is 0 Å². The zero-order chi connectivity index (χ0) is 17.7. The summed E-state index contributed by atoms with van der Waals surface area (Å²) in [6.45, 7) is 0. The second-order valence-corrected chi connectivity index (χ2v) is 6.67. The van der Waals surface area contributed by atoms with Crippen LogP contribution in [0, 0.1) is 5.92 Å². The van der Waals surface area contributed by atoms with Gasteiger partial charge in [0.05, 0.1) is 18.4 Å². The van der Waals surface area contributed by atoms with Crippen LogP contribution in [0.15, 0.2) is 12.5 Å². The smallest absolute Gasteiger partial charge is 0.345 e. The van der Waals surface area contributed by atoms with E-state index in [9.17, 15) is 19.8 Å². The number of carbonyl (C=O) groups is 2. The van der Waals surface area contributed by atoms with Gasteiger partial charge in [0.1, 0.15) is 0 Å². The predicted octanol–water partition coefficient (Wildman–Crippen LogP) is -0.0380. The summed E-state index contributed by atoms with van der Waals surface area (Å²) in [6, 6.07) is -2.36. The summed E-state index contributed by atoms with van der Waals surface area (Å²) in [6.07, 6.45) is 8.46. The van der Waals surface area contributed by atoms with E-state index in [0.29, 0.717) is 12.1 Å². The van der Waals surface area contributed by atoms with Crippen LogP contribution in [-0.2, 0) is 16.0 Å². The lowest BCUT2D eigenvalue weighted by Gasteiger charge is -2.33. The Hall–Kier alpha value is -1.77. The van der Waals surface area contributed by atoms with Crippen LogP contribution in [0.25, 0.3) is 0 Å². The summed E-state index contributed by atoms with van der Waals surface area (Å²) in [5.41, 5.74) is 9.71. The molecule has 1 fully saturated rings. The first-order chi connectivity index (χ1) is 11.4.